The van der Waals surface area contributed by atoms with Crippen molar-refractivity contribution < 1.29 is 45.2 Å². The predicted octanol–water partition coefficient (Wildman–Crippen LogP) is 6.26. The number of hydrogen-bond acceptors (Lipinski definition) is 0. The van der Waals surface area contributed by atoms with E-state index in [0.29, 0.717) is 0 Å². The van der Waals surface area contributed by atoms with E-state index in [1.807, 2.05) is 11.1 Å². The van der Waals surface area contributed by atoms with Gasteiger partial charge in [-0.25, -0.2) is 0 Å². The van der Waals surface area contributed by atoms with E-state index in [9.17, 15) is 0 Å². The maximum Gasteiger partial charge on any atom is -1.00 e. The van der Waals surface area contributed by atoms with Crippen LogP contribution in [-0.2, 0) is 20.4 Å². The van der Waals surface area contributed by atoms with Gasteiger partial charge in [-0.2, -0.15) is 0 Å². The molecular weight excluding hydrogens is 757 g/mol. The first-order valence-corrected chi connectivity index (χ1v) is 27.2. The normalized spacial score (nSPS) is 20.3. The Kier molecular flexibility index (Phi) is 8.95. The van der Waals surface area contributed by atoms with Gasteiger partial charge < -0.3 is 24.8 Å². The summed E-state index contributed by atoms with van der Waals surface area (Å²) in [5.41, 5.74) is 16.8. The molecule has 0 spiro atoms. The minimum atomic E-state index is -2.23. The van der Waals surface area contributed by atoms with Gasteiger partial charge in [0.05, 0.1) is 0 Å². The molecule has 1 aliphatic heterocycles. The van der Waals surface area contributed by atoms with E-state index < -0.39 is 20.4 Å². The van der Waals surface area contributed by atoms with Crippen LogP contribution in [-0.4, -0.2) is 10.0 Å². The van der Waals surface area contributed by atoms with Crippen molar-refractivity contribution in [2.75, 3.05) is 0 Å². The Morgan fingerprint density at radius 2 is 1.06 bits per heavy atom. The summed E-state index contributed by atoms with van der Waals surface area (Å²) in [7, 11) is 0. The van der Waals surface area contributed by atoms with E-state index in [4.69, 9.17) is 0 Å². The van der Waals surface area contributed by atoms with E-state index in [1.165, 1.54) is 77.1 Å². The number of rotatable bonds is 6. The molecule has 1 saturated heterocycles. The Balaban J connectivity index is 0.00000174. The second-order valence-corrected chi connectivity index (χ2v) is 31.2. The number of aromatic nitrogens is 1. The van der Waals surface area contributed by atoms with Crippen LogP contribution in [0.5, 0.6) is 0 Å². The molecule has 51 heavy (non-hydrogen) atoms. The Hall–Kier alpha value is -2.94. The molecule has 6 aromatic rings. The number of para-hydroxylation sites is 2. The summed E-state index contributed by atoms with van der Waals surface area (Å²) in [6.45, 7) is 0. The molecule has 0 bridgehead atoms. The maximum atomic E-state index is 2.77. The summed E-state index contributed by atoms with van der Waals surface area (Å²) in [5, 5.41) is 2.72. The molecule has 0 radical (unpaired) electrons. The minimum Gasteiger partial charge on any atom is -1.00 e. The van der Waals surface area contributed by atoms with Crippen molar-refractivity contribution >= 4 is 39.4 Å². The van der Waals surface area contributed by atoms with Gasteiger partial charge in [-0.05, 0) is 0 Å². The molecule has 5 aliphatic rings. The van der Waals surface area contributed by atoms with E-state index in [0.717, 1.165) is 19.1 Å². The Labute approximate surface area is 321 Å². The van der Waals surface area contributed by atoms with Crippen molar-refractivity contribution in [3.05, 3.63) is 149 Å². The summed E-state index contributed by atoms with van der Waals surface area (Å²) < 4.78 is 4.07. The summed E-state index contributed by atoms with van der Waals surface area (Å²) in [5.74, 6) is 1.62. The molecular formula is C46H41Cl2NSiZr. The molecule has 0 N–H and O–H groups in total. The van der Waals surface area contributed by atoms with Crippen molar-refractivity contribution in [2.24, 2.45) is 11.8 Å². The molecule has 1 nitrogen and oxygen atoms in total. The molecule has 1 aromatic heterocycles. The van der Waals surface area contributed by atoms with Crippen LogP contribution in [0.3, 0.4) is 0 Å². The van der Waals surface area contributed by atoms with Gasteiger partial charge >= 0.3 is 300 Å². The molecule has 2 unspecified atom stereocenters. The van der Waals surface area contributed by atoms with Crippen molar-refractivity contribution in [2.45, 2.75) is 57.9 Å². The van der Waals surface area contributed by atoms with Crippen LogP contribution in [0.25, 0.3) is 50.8 Å². The third-order valence-corrected chi connectivity index (χ3v) is 34.5. The molecule has 2 heterocycles. The second-order valence-electron chi connectivity index (χ2n) is 15.3. The monoisotopic (exact) mass is 795 g/mol. The molecule has 2 atom stereocenters. The quantitative estimate of drug-likeness (QED) is 0.176. The molecule has 5 aromatic carbocycles. The number of hydrogen-bond donors (Lipinski definition) is 0. The molecule has 4 aliphatic carbocycles. The van der Waals surface area contributed by atoms with Gasteiger partial charge in [0, 0.05) is 0 Å². The average molecular weight is 798 g/mol. The Bertz CT molecular complexity index is 2370. The van der Waals surface area contributed by atoms with Gasteiger partial charge in [-0.3, -0.25) is 0 Å². The summed E-state index contributed by atoms with van der Waals surface area (Å²) in [6, 6.07) is 47.4. The topological polar surface area (TPSA) is 4.93 Å². The van der Waals surface area contributed by atoms with Crippen LogP contribution < -0.4 is 24.8 Å². The fraction of sp³-hybridized carbons (Fsp3) is 0.261. The van der Waals surface area contributed by atoms with E-state index in [1.54, 1.807) is 34.3 Å². The van der Waals surface area contributed by atoms with Crippen LogP contribution in [0.15, 0.2) is 126 Å². The van der Waals surface area contributed by atoms with Crippen molar-refractivity contribution in [1.29, 1.82) is 0 Å². The fourth-order valence-corrected chi connectivity index (χ4v) is 36.7. The zero-order valence-corrected chi connectivity index (χ0v) is 33.8. The number of nitrogens with zero attached hydrogens (tertiary/aromatic N) is 1. The van der Waals surface area contributed by atoms with Crippen LogP contribution in [0.4, 0.5) is 0 Å². The van der Waals surface area contributed by atoms with Crippen LogP contribution >= 0.6 is 0 Å². The molecule has 11 rings (SSSR count). The molecule has 2 saturated carbocycles. The number of allylic oxidation sites excluding steroid dienone is 2. The first kappa shape index (κ1) is 33.9. The minimum absolute atomic E-state index is 0. The van der Waals surface area contributed by atoms with Crippen molar-refractivity contribution in [3.8, 4) is 16.8 Å². The van der Waals surface area contributed by atoms with Gasteiger partial charge in [0.2, 0.25) is 0 Å². The molecule has 5 heteroatoms. The number of halogens is 2. The zero-order valence-electron chi connectivity index (χ0n) is 28.8. The van der Waals surface area contributed by atoms with Gasteiger partial charge in [-0.1, -0.05) is 0 Å². The number of fused-ring (bicyclic) bond motifs is 5. The summed E-state index contributed by atoms with van der Waals surface area (Å²) in [6.07, 6.45) is 14.1. The second kappa shape index (κ2) is 13.5. The van der Waals surface area contributed by atoms with Gasteiger partial charge in [0.1, 0.15) is 0 Å². The molecule has 252 valence electrons. The van der Waals surface area contributed by atoms with Gasteiger partial charge in [0.15, 0.2) is 0 Å². The first-order valence-electron chi connectivity index (χ1n) is 18.8. The largest absolute Gasteiger partial charge is 1.00 e. The van der Waals surface area contributed by atoms with E-state index in [2.05, 4.69) is 132 Å². The van der Waals surface area contributed by atoms with Crippen molar-refractivity contribution in [1.82, 2.24) is 4.57 Å². The van der Waals surface area contributed by atoms with Crippen LogP contribution in [0.1, 0.15) is 68.0 Å². The summed E-state index contributed by atoms with van der Waals surface area (Å²) >= 11 is -2.23. The molecule has 0 amide bonds. The SMILES string of the molecule is C1=C(C2CC2)[CH]([Zr+2]([CH]2C(C3CC3)=Cc3c2cccc3-n2c3ccccc3c3ccccc32)=[Si]2CCCC2)c2cccc(-c3ccccc3)c21.[Cl-].[Cl-]. The fourth-order valence-electron chi connectivity index (χ4n) is 9.98. The molecule has 3 fully saturated rings. The standard InChI is InChI=1S/C24H18N.C18H15.C4H8Si.2ClH.Zr/c1-3-9-22-19(7-1)20-8-2-4-10-23(20)25(22)24-11-5-6-17-14-18(15-21(17)24)16-12-13-16;1-2-5-14(6-3-1)17-8-4-7-15-11-16(12-18(15)17)13-9-10-13;1-2-4-5-3-1;;;/h1-11,14-16H,12-13H2;1-8,11-13H,9-10H2;1-4H2;2*1H;/q;;;;;+2/p-2. The predicted molar refractivity (Wildman–Crippen MR) is 204 cm³/mol. The first-order chi connectivity index (χ1) is 24.3. The smallest absolute Gasteiger partial charge is 1.00 e. The van der Waals surface area contributed by atoms with Gasteiger partial charge in [0.25, 0.3) is 0 Å². The van der Waals surface area contributed by atoms with E-state index >= 15 is 0 Å². The zero-order chi connectivity index (χ0) is 32.1. The third kappa shape index (κ3) is 5.48. The Morgan fingerprint density at radius 3 is 1.67 bits per heavy atom. The Morgan fingerprint density at radius 1 is 0.529 bits per heavy atom. The third-order valence-electron chi connectivity index (χ3n) is 12.4. The van der Waals surface area contributed by atoms with E-state index in [-0.39, 0.29) is 30.2 Å². The maximum absolute atomic E-state index is 2.77. The average Bonchev–Trinajstić information content (AvgIpc) is 4.01. The summed E-state index contributed by atoms with van der Waals surface area (Å²) in [4.78, 5) is 0. The van der Waals surface area contributed by atoms with Crippen LogP contribution in [0, 0.1) is 11.8 Å². The van der Waals surface area contributed by atoms with Crippen LogP contribution in [0.2, 0.25) is 12.1 Å². The van der Waals surface area contributed by atoms with Gasteiger partial charge in [-0.15, -0.1) is 0 Å². The van der Waals surface area contributed by atoms with Crippen molar-refractivity contribution in [3.63, 3.8) is 0 Å². The number of benzene rings is 5.